The molecule has 15 heavy (non-hydrogen) atoms. The minimum absolute atomic E-state index is 0.204. The summed E-state index contributed by atoms with van der Waals surface area (Å²) >= 11 is 0. The summed E-state index contributed by atoms with van der Waals surface area (Å²) in [5.41, 5.74) is 6.20. The Balaban J connectivity index is 2.06. The van der Waals surface area contributed by atoms with Gasteiger partial charge in [-0.3, -0.25) is 4.79 Å². The van der Waals surface area contributed by atoms with Crippen molar-refractivity contribution in [1.29, 1.82) is 0 Å². The number of ketones is 1. The highest BCUT2D eigenvalue weighted by atomic mass is 16.3. The summed E-state index contributed by atoms with van der Waals surface area (Å²) in [6.45, 7) is 0.449. The molecule has 0 atom stereocenters. The van der Waals surface area contributed by atoms with E-state index in [1.54, 1.807) is 18.2 Å². The number of nitrogens with two attached hydrogens (primary N) is 1. The van der Waals surface area contributed by atoms with Gasteiger partial charge in [-0.05, 0) is 30.5 Å². The number of hydrogen-bond donors (Lipinski definition) is 2. The number of Topliss-reactive ketones (excluding diaryl/α,β-unsaturated/α-hetero) is 1. The lowest BCUT2D eigenvalue weighted by Gasteiger charge is -2.10. The Hall–Kier alpha value is -1.35. The van der Waals surface area contributed by atoms with Gasteiger partial charge < -0.3 is 10.8 Å². The lowest BCUT2D eigenvalue weighted by Crippen LogP contribution is -2.26. The number of rotatable bonds is 4. The van der Waals surface area contributed by atoms with E-state index in [-0.39, 0.29) is 16.9 Å². The van der Waals surface area contributed by atoms with Gasteiger partial charge >= 0.3 is 0 Å². The minimum atomic E-state index is -0.245. The van der Waals surface area contributed by atoms with Gasteiger partial charge in [0, 0.05) is 18.4 Å². The molecule has 0 aromatic heterocycles. The number of carbonyl (C=O) groups is 1. The van der Waals surface area contributed by atoms with Gasteiger partial charge in [0.2, 0.25) is 0 Å². The molecule has 3 nitrogen and oxygen atoms in total. The first-order chi connectivity index (χ1) is 7.16. The predicted octanol–water partition coefficient (Wildman–Crippen LogP) is 1.24. The van der Waals surface area contributed by atoms with Crippen LogP contribution in [0.4, 0.5) is 0 Å². The molecular weight excluding hydrogens is 190 g/mol. The molecule has 3 N–H and O–H groups in total. The van der Waals surface area contributed by atoms with Crippen LogP contribution >= 0.6 is 0 Å². The maximum atomic E-state index is 11.9. The molecule has 2 rings (SSSR count). The molecule has 80 valence electrons. The summed E-state index contributed by atoms with van der Waals surface area (Å²) in [6.07, 6.45) is 2.22. The van der Waals surface area contributed by atoms with Gasteiger partial charge in [0.15, 0.2) is 0 Å². The normalized spacial score (nSPS) is 17.4. The van der Waals surface area contributed by atoms with Crippen LogP contribution in [0.3, 0.4) is 0 Å². The van der Waals surface area contributed by atoms with Crippen molar-refractivity contribution in [2.45, 2.75) is 19.3 Å². The largest absolute Gasteiger partial charge is 0.508 e. The molecule has 0 spiro atoms. The molecule has 0 radical (unpaired) electrons. The smallest absolute Gasteiger partial charge is 0.144 e. The fourth-order valence-electron chi connectivity index (χ4n) is 1.79. The Bertz CT molecular complexity index is 383. The maximum Gasteiger partial charge on any atom is 0.144 e. The third-order valence-electron chi connectivity index (χ3n) is 3.11. The van der Waals surface area contributed by atoms with E-state index in [1.165, 1.54) is 0 Å². The van der Waals surface area contributed by atoms with E-state index in [0.29, 0.717) is 13.0 Å². The SMILES string of the molecule is NCC1(C(=O)Cc2cccc(O)c2)CC1. The van der Waals surface area contributed by atoms with Crippen LogP contribution in [0.1, 0.15) is 18.4 Å². The fourth-order valence-corrected chi connectivity index (χ4v) is 1.79. The molecule has 0 bridgehead atoms. The lowest BCUT2D eigenvalue weighted by molar-refractivity contribution is -0.123. The third-order valence-corrected chi connectivity index (χ3v) is 3.11. The van der Waals surface area contributed by atoms with Crippen molar-refractivity contribution in [3.8, 4) is 5.75 Å². The van der Waals surface area contributed by atoms with E-state index >= 15 is 0 Å². The quantitative estimate of drug-likeness (QED) is 0.777. The van der Waals surface area contributed by atoms with Gasteiger partial charge in [-0.15, -0.1) is 0 Å². The van der Waals surface area contributed by atoms with Crippen molar-refractivity contribution in [2.24, 2.45) is 11.1 Å². The molecule has 0 heterocycles. The topological polar surface area (TPSA) is 63.3 Å². The summed E-state index contributed by atoms with van der Waals surface area (Å²) in [5.74, 6) is 0.411. The van der Waals surface area contributed by atoms with Crippen LogP contribution in [-0.2, 0) is 11.2 Å². The average Bonchev–Trinajstić information content (AvgIpc) is 2.98. The van der Waals surface area contributed by atoms with Crippen LogP contribution in [0, 0.1) is 5.41 Å². The van der Waals surface area contributed by atoms with E-state index in [4.69, 9.17) is 5.73 Å². The molecule has 0 amide bonds. The van der Waals surface area contributed by atoms with Crippen molar-refractivity contribution in [3.05, 3.63) is 29.8 Å². The summed E-state index contributed by atoms with van der Waals surface area (Å²) in [6, 6.07) is 6.83. The third kappa shape index (κ3) is 2.02. The van der Waals surface area contributed by atoms with Crippen LogP contribution in [0.5, 0.6) is 5.75 Å². The highest BCUT2D eigenvalue weighted by Gasteiger charge is 2.47. The Morgan fingerprint density at radius 3 is 2.73 bits per heavy atom. The van der Waals surface area contributed by atoms with Crippen LogP contribution in [0.25, 0.3) is 0 Å². The zero-order valence-corrected chi connectivity index (χ0v) is 8.57. The molecule has 1 aliphatic rings. The first kappa shape index (κ1) is 10.2. The van der Waals surface area contributed by atoms with E-state index in [0.717, 1.165) is 18.4 Å². The number of benzene rings is 1. The van der Waals surface area contributed by atoms with Crippen molar-refractivity contribution in [1.82, 2.24) is 0 Å². The number of hydrogen-bond acceptors (Lipinski definition) is 3. The van der Waals surface area contributed by atoms with E-state index in [9.17, 15) is 9.90 Å². The van der Waals surface area contributed by atoms with Crippen molar-refractivity contribution in [2.75, 3.05) is 6.54 Å². The molecule has 1 aliphatic carbocycles. The van der Waals surface area contributed by atoms with Crippen molar-refractivity contribution < 1.29 is 9.90 Å². The van der Waals surface area contributed by atoms with Gasteiger partial charge in [0.1, 0.15) is 11.5 Å². The standard InChI is InChI=1S/C12H15NO2/c13-8-12(4-5-12)11(15)7-9-2-1-3-10(14)6-9/h1-3,6,14H,4-5,7-8,13H2. The second-order valence-electron chi connectivity index (χ2n) is 4.25. The van der Waals surface area contributed by atoms with Crippen LogP contribution in [0.15, 0.2) is 24.3 Å². The first-order valence-corrected chi connectivity index (χ1v) is 5.18. The second-order valence-corrected chi connectivity index (χ2v) is 4.25. The molecule has 0 aliphatic heterocycles. The Kier molecular flexibility index (Phi) is 2.49. The lowest BCUT2D eigenvalue weighted by atomic mass is 9.95. The molecule has 1 aromatic carbocycles. The number of carbonyl (C=O) groups excluding carboxylic acids is 1. The van der Waals surface area contributed by atoms with Gasteiger partial charge in [0.05, 0.1) is 0 Å². The van der Waals surface area contributed by atoms with Crippen LogP contribution < -0.4 is 5.73 Å². The van der Waals surface area contributed by atoms with Gasteiger partial charge in [-0.25, -0.2) is 0 Å². The fraction of sp³-hybridized carbons (Fsp3) is 0.417. The summed E-state index contributed by atoms with van der Waals surface area (Å²) in [5, 5.41) is 9.27. The monoisotopic (exact) mass is 205 g/mol. The molecule has 1 fully saturated rings. The number of phenols is 1. The Labute approximate surface area is 88.9 Å². The van der Waals surface area contributed by atoms with Gasteiger partial charge in [0.25, 0.3) is 0 Å². The second kappa shape index (κ2) is 3.66. The summed E-state index contributed by atoms with van der Waals surface area (Å²) in [4.78, 5) is 11.9. The van der Waals surface area contributed by atoms with Crippen molar-refractivity contribution in [3.63, 3.8) is 0 Å². The minimum Gasteiger partial charge on any atom is -0.508 e. The summed E-state index contributed by atoms with van der Waals surface area (Å²) in [7, 11) is 0. The van der Waals surface area contributed by atoms with Gasteiger partial charge in [-0.1, -0.05) is 12.1 Å². The Morgan fingerprint density at radius 2 is 2.20 bits per heavy atom. The molecule has 0 saturated heterocycles. The van der Waals surface area contributed by atoms with E-state index < -0.39 is 0 Å². The van der Waals surface area contributed by atoms with Crippen LogP contribution in [0.2, 0.25) is 0 Å². The van der Waals surface area contributed by atoms with E-state index in [2.05, 4.69) is 0 Å². The molecular formula is C12H15NO2. The molecule has 1 aromatic rings. The maximum absolute atomic E-state index is 11.9. The average molecular weight is 205 g/mol. The predicted molar refractivity (Wildman–Crippen MR) is 57.5 cm³/mol. The number of aromatic hydroxyl groups is 1. The molecule has 3 heteroatoms. The zero-order valence-electron chi connectivity index (χ0n) is 8.57. The van der Waals surface area contributed by atoms with E-state index in [1.807, 2.05) is 6.07 Å². The highest BCUT2D eigenvalue weighted by molar-refractivity contribution is 5.89. The summed E-state index contributed by atoms with van der Waals surface area (Å²) < 4.78 is 0. The number of phenolic OH excluding ortho intramolecular Hbond substituents is 1. The van der Waals surface area contributed by atoms with Crippen LogP contribution in [-0.4, -0.2) is 17.4 Å². The molecule has 0 unspecified atom stereocenters. The highest BCUT2D eigenvalue weighted by Crippen LogP contribution is 2.46. The van der Waals surface area contributed by atoms with Gasteiger partial charge in [-0.2, -0.15) is 0 Å². The zero-order chi connectivity index (χ0) is 10.9. The molecule has 1 saturated carbocycles. The van der Waals surface area contributed by atoms with Crippen molar-refractivity contribution >= 4 is 5.78 Å². The Morgan fingerprint density at radius 1 is 1.47 bits per heavy atom. The first-order valence-electron chi connectivity index (χ1n) is 5.18.